The Hall–Kier alpha value is -3.73. The first-order valence-corrected chi connectivity index (χ1v) is 10.4. The van der Waals surface area contributed by atoms with E-state index in [-0.39, 0.29) is 12.5 Å². The molecule has 3 aromatic carbocycles. The fraction of sp³-hybridized carbons (Fsp3) is 0.192. The highest BCUT2D eigenvalue weighted by Crippen LogP contribution is 2.28. The van der Waals surface area contributed by atoms with E-state index in [9.17, 15) is 14.4 Å². The van der Waals surface area contributed by atoms with Crippen LogP contribution in [-0.4, -0.2) is 22.7 Å². The van der Waals surface area contributed by atoms with Crippen LogP contribution in [0.3, 0.4) is 0 Å². The molecule has 31 heavy (non-hydrogen) atoms. The summed E-state index contributed by atoms with van der Waals surface area (Å²) in [5.41, 5.74) is 2.94. The van der Waals surface area contributed by atoms with Crippen LogP contribution in [0.5, 0.6) is 0 Å². The van der Waals surface area contributed by atoms with Crippen molar-refractivity contribution in [2.45, 2.75) is 19.4 Å². The van der Waals surface area contributed by atoms with Crippen LogP contribution in [0, 0.1) is 11.8 Å². The summed E-state index contributed by atoms with van der Waals surface area (Å²) < 4.78 is 0. The minimum Gasteiger partial charge on any atom is -0.277 e. The maximum atomic E-state index is 13.4. The van der Waals surface area contributed by atoms with Gasteiger partial charge in [0.25, 0.3) is 0 Å². The summed E-state index contributed by atoms with van der Waals surface area (Å²) in [6.07, 6.45) is 1.12. The average Bonchev–Trinajstić information content (AvgIpc) is 2.78. The first kappa shape index (κ1) is 20.5. The summed E-state index contributed by atoms with van der Waals surface area (Å²) in [5.74, 6) is -2.16. The van der Waals surface area contributed by atoms with Gasteiger partial charge in [-0.1, -0.05) is 91.0 Å². The lowest BCUT2D eigenvalue weighted by Gasteiger charge is -2.34. The predicted molar refractivity (Wildman–Crippen MR) is 118 cm³/mol. The lowest BCUT2D eigenvalue weighted by molar-refractivity contribution is -0.145. The van der Waals surface area contributed by atoms with Crippen LogP contribution in [-0.2, 0) is 29.0 Å². The zero-order chi connectivity index (χ0) is 21.6. The Balaban J connectivity index is 1.63. The maximum Gasteiger partial charge on any atom is 0.331 e. The number of benzene rings is 3. The summed E-state index contributed by atoms with van der Waals surface area (Å²) in [6.45, 7) is 0.138. The average molecular weight is 412 g/mol. The van der Waals surface area contributed by atoms with Crippen molar-refractivity contribution in [1.82, 2.24) is 10.2 Å². The topological polar surface area (TPSA) is 66.5 Å². The van der Waals surface area contributed by atoms with Gasteiger partial charge in [-0.25, -0.2) is 4.79 Å². The van der Waals surface area contributed by atoms with Crippen LogP contribution in [0.4, 0.5) is 4.79 Å². The molecule has 0 aromatic heterocycles. The highest BCUT2D eigenvalue weighted by Gasteiger charge is 2.44. The molecular formula is C26H24N2O3. The molecule has 0 saturated carbocycles. The number of rotatable bonds is 7. The number of imide groups is 2. The number of carbonyl (C=O) groups is 3. The van der Waals surface area contributed by atoms with Crippen molar-refractivity contribution >= 4 is 17.8 Å². The SMILES string of the molecule is O=C1NC(=O)N(Cc2ccccc2)C(=O)C1C(Cc1ccccc1)Cc1ccccc1. The summed E-state index contributed by atoms with van der Waals surface area (Å²) in [4.78, 5) is 39.9. The summed E-state index contributed by atoms with van der Waals surface area (Å²) in [7, 11) is 0. The number of carbonyl (C=O) groups excluding carboxylic acids is 3. The molecule has 156 valence electrons. The largest absolute Gasteiger partial charge is 0.331 e. The molecule has 5 nitrogen and oxygen atoms in total. The van der Waals surface area contributed by atoms with Crippen molar-refractivity contribution in [1.29, 1.82) is 0 Å². The number of hydrogen-bond acceptors (Lipinski definition) is 3. The van der Waals surface area contributed by atoms with E-state index in [1.807, 2.05) is 91.0 Å². The van der Waals surface area contributed by atoms with Gasteiger partial charge in [0.05, 0.1) is 6.54 Å². The monoisotopic (exact) mass is 412 g/mol. The molecular weight excluding hydrogens is 388 g/mol. The Kier molecular flexibility index (Phi) is 6.22. The normalized spacial score (nSPS) is 16.5. The lowest BCUT2D eigenvalue weighted by Crippen LogP contribution is -2.59. The molecule has 1 heterocycles. The van der Waals surface area contributed by atoms with E-state index in [1.165, 1.54) is 0 Å². The molecule has 3 aromatic rings. The zero-order valence-electron chi connectivity index (χ0n) is 17.1. The molecule has 1 aliphatic heterocycles. The second-order valence-corrected chi connectivity index (χ2v) is 7.82. The van der Waals surface area contributed by atoms with Gasteiger partial charge in [0.15, 0.2) is 0 Å². The van der Waals surface area contributed by atoms with Crippen molar-refractivity contribution in [3.8, 4) is 0 Å². The van der Waals surface area contributed by atoms with E-state index in [0.717, 1.165) is 21.6 Å². The quantitative estimate of drug-likeness (QED) is 0.597. The van der Waals surface area contributed by atoms with Crippen molar-refractivity contribution in [3.05, 3.63) is 108 Å². The Morgan fingerprint density at radius 1 is 0.677 bits per heavy atom. The van der Waals surface area contributed by atoms with Crippen molar-refractivity contribution in [3.63, 3.8) is 0 Å². The number of amides is 4. The van der Waals surface area contributed by atoms with Gasteiger partial charge >= 0.3 is 6.03 Å². The summed E-state index contributed by atoms with van der Waals surface area (Å²) in [6, 6.07) is 28.3. The molecule has 1 atom stereocenters. The van der Waals surface area contributed by atoms with Gasteiger partial charge in [0, 0.05) is 0 Å². The second-order valence-electron chi connectivity index (χ2n) is 7.82. The van der Waals surface area contributed by atoms with Crippen molar-refractivity contribution in [2.24, 2.45) is 11.8 Å². The van der Waals surface area contributed by atoms with E-state index < -0.39 is 23.8 Å². The number of nitrogens with one attached hydrogen (secondary N) is 1. The third-order valence-electron chi connectivity index (χ3n) is 5.63. The highest BCUT2D eigenvalue weighted by atomic mass is 16.2. The third-order valence-corrected chi connectivity index (χ3v) is 5.63. The van der Waals surface area contributed by atoms with Gasteiger partial charge in [0.2, 0.25) is 11.8 Å². The molecule has 0 radical (unpaired) electrons. The van der Waals surface area contributed by atoms with Crippen LogP contribution in [0.1, 0.15) is 16.7 Å². The molecule has 5 heteroatoms. The third kappa shape index (κ3) is 4.89. The van der Waals surface area contributed by atoms with Gasteiger partial charge < -0.3 is 0 Å². The van der Waals surface area contributed by atoms with E-state index in [0.29, 0.717) is 12.8 Å². The first-order chi connectivity index (χ1) is 15.1. The van der Waals surface area contributed by atoms with Gasteiger partial charge in [0.1, 0.15) is 5.92 Å². The van der Waals surface area contributed by atoms with Crippen molar-refractivity contribution in [2.75, 3.05) is 0 Å². The second kappa shape index (κ2) is 9.39. The smallest absolute Gasteiger partial charge is 0.277 e. The van der Waals surface area contributed by atoms with Gasteiger partial charge in [-0.2, -0.15) is 0 Å². The Morgan fingerprint density at radius 3 is 1.61 bits per heavy atom. The van der Waals surface area contributed by atoms with E-state index in [4.69, 9.17) is 0 Å². The fourth-order valence-corrected chi connectivity index (χ4v) is 4.10. The van der Waals surface area contributed by atoms with Crippen molar-refractivity contribution < 1.29 is 14.4 Å². The molecule has 0 aliphatic carbocycles. The number of barbiturate groups is 1. The van der Waals surface area contributed by atoms with E-state index in [2.05, 4.69) is 5.32 Å². The zero-order valence-corrected chi connectivity index (χ0v) is 17.1. The molecule has 1 unspecified atom stereocenters. The Morgan fingerprint density at radius 2 is 1.13 bits per heavy atom. The van der Waals surface area contributed by atoms with Crippen LogP contribution >= 0.6 is 0 Å². The van der Waals surface area contributed by atoms with Gasteiger partial charge in [-0.15, -0.1) is 0 Å². The first-order valence-electron chi connectivity index (χ1n) is 10.4. The maximum absolute atomic E-state index is 13.4. The molecule has 4 rings (SSSR count). The number of urea groups is 1. The van der Waals surface area contributed by atoms with E-state index in [1.54, 1.807) is 0 Å². The molecule has 1 N–H and O–H groups in total. The number of hydrogen-bond donors (Lipinski definition) is 1. The van der Waals surface area contributed by atoms with Gasteiger partial charge in [-0.05, 0) is 35.4 Å². The van der Waals surface area contributed by atoms with Crippen LogP contribution < -0.4 is 5.32 Å². The fourth-order valence-electron chi connectivity index (χ4n) is 4.10. The summed E-state index contributed by atoms with van der Waals surface area (Å²) >= 11 is 0. The molecule has 1 fully saturated rings. The predicted octanol–water partition coefficient (Wildman–Crippen LogP) is 3.98. The molecule has 1 saturated heterocycles. The lowest BCUT2D eigenvalue weighted by atomic mass is 9.80. The minimum absolute atomic E-state index is 0.138. The minimum atomic E-state index is -0.929. The molecule has 4 amide bonds. The van der Waals surface area contributed by atoms with Crippen LogP contribution in [0.15, 0.2) is 91.0 Å². The molecule has 0 bridgehead atoms. The molecule has 1 aliphatic rings. The Labute approximate surface area is 181 Å². The van der Waals surface area contributed by atoms with E-state index >= 15 is 0 Å². The van der Waals surface area contributed by atoms with Crippen LogP contribution in [0.2, 0.25) is 0 Å². The summed E-state index contributed by atoms with van der Waals surface area (Å²) in [5, 5.41) is 2.41. The van der Waals surface area contributed by atoms with Gasteiger partial charge in [-0.3, -0.25) is 19.8 Å². The highest BCUT2D eigenvalue weighted by molar-refractivity contribution is 6.16. The Bertz CT molecular complexity index is 1010. The standard InChI is InChI=1S/C26H24N2O3/c29-24-23(25(30)28(26(31)27-24)18-21-14-8-3-9-15-21)22(16-19-10-4-1-5-11-19)17-20-12-6-2-7-13-20/h1-15,22-23H,16-18H2,(H,27,29,31). The molecule has 0 spiro atoms. The van der Waals surface area contributed by atoms with Crippen LogP contribution in [0.25, 0.3) is 0 Å². The number of nitrogens with zero attached hydrogens (tertiary/aromatic N) is 1.